The van der Waals surface area contributed by atoms with E-state index in [-0.39, 0.29) is 5.91 Å². The predicted molar refractivity (Wildman–Crippen MR) is 67.9 cm³/mol. The molecule has 2 aliphatic rings. The lowest BCUT2D eigenvalue weighted by Gasteiger charge is -2.31. The van der Waals surface area contributed by atoms with Crippen LogP contribution >= 0.6 is 0 Å². The Morgan fingerprint density at radius 2 is 2.24 bits per heavy atom. The quantitative estimate of drug-likeness (QED) is 0.675. The maximum atomic E-state index is 12.5. The van der Waals surface area contributed by atoms with E-state index in [1.807, 2.05) is 31.2 Å². The number of fused-ring (bicyclic) bond motifs is 2. The van der Waals surface area contributed by atoms with E-state index in [0.29, 0.717) is 12.1 Å². The van der Waals surface area contributed by atoms with Gasteiger partial charge in [-0.25, -0.2) is 0 Å². The molecule has 1 fully saturated rings. The molecule has 0 aromatic heterocycles. The summed E-state index contributed by atoms with van der Waals surface area (Å²) in [5, 5.41) is 0. The lowest BCUT2D eigenvalue weighted by atomic mass is 10.1. The maximum absolute atomic E-state index is 12.5. The molecular formula is C15H17NO. The predicted octanol–water partition coefficient (Wildman–Crippen LogP) is 2.93. The molecular weight excluding hydrogens is 210 g/mol. The molecule has 2 bridgehead atoms. The molecule has 2 heteroatoms. The summed E-state index contributed by atoms with van der Waals surface area (Å²) in [4.78, 5) is 14.6. The normalized spacial score (nSPS) is 26.3. The summed E-state index contributed by atoms with van der Waals surface area (Å²) in [6.07, 6.45) is 7.71. The minimum absolute atomic E-state index is 0.200. The highest BCUT2D eigenvalue weighted by atomic mass is 16.2. The topological polar surface area (TPSA) is 20.3 Å². The summed E-state index contributed by atoms with van der Waals surface area (Å²) < 4.78 is 0. The SMILES string of the molecule is Cc1cccc(C(=O)N2C3C=CCC2CC3)c1. The molecule has 2 aliphatic heterocycles. The van der Waals surface area contributed by atoms with Gasteiger partial charge >= 0.3 is 0 Å². The van der Waals surface area contributed by atoms with Crippen molar-refractivity contribution in [3.8, 4) is 0 Å². The van der Waals surface area contributed by atoms with Crippen molar-refractivity contribution >= 4 is 5.91 Å². The third-order valence-corrected chi connectivity index (χ3v) is 3.81. The van der Waals surface area contributed by atoms with Gasteiger partial charge in [-0.15, -0.1) is 0 Å². The molecule has 2 nitrogen and oxygen atoms in total. The van der Waals surface area contributed by atoms with Gasteiger partial charge in [0.1, 0.15) is 0 Å². The Hall–Kier alpha value is -1.57. The molecule has 88 valence electrons. The van der Waals surface area contributed by atoms with Gasteiger partial charge in [-0.05, 0) is 38.3 Å². The van der Waals surface area contributed by atoms with Gasteiger partial charge in [0, 0.05) is 11.6 Å². The number of hydrogen-bond donors (Lipinski definition) is 0. The maximum Gasteiger partial charge on any atom is 0.254 e. The van der Waals surface area contributed by atoms with Gasteiger partial charge in [-0.1, -0.05) is 29.8 Å². The molecule has 1 aromatic rings. The van der Waals surface area contributed by atoms with Gasteiger partial charge in [0.05, 0.1) is 6.04 Å². The van der Waals surface area contributed by atoms with Crippen molar-refractivity contribution in [2.45, 2.75) is 38.3 Å². The first kappa shape index (κ1) is 10.6. The van der Waals surface area contributed by atoms with Gasteiger partial charge in [0.15, 0.2) is 0 Å². The average Bonchev–Trinajstić information content (AvgIpc) is 2.58. The smallest absolute Gasteiger partial charge is 0.254 e. The lowest BCUT2D eigenvalue weighted by molar-refractivity contribution is 0.0689. The van der Waals surface area contributed by atoms with Gasteiger partial charge in [0.2, 0.25) is 0 Å². The van der Waals surface area contributed by atoms with Crippen molar-refractivity contribution in [3.63, 3.8) is 0 Å². The van der Waals surface area contributed by atoms with Crippen LogP contribution in [0, 0.1) is 6.92 Å². The summed E-state index contributed by atoms with van der Waals surface area (Å²) in [5.41, 5.74) is 1.98. The van der Waals surface area contributed by atoms with Crippen molar-refractivity contribution in [2.24, 2.45) is 0 Å². The number of rotatable bonds is 1. The minimum Gasteiger partial charge on any atom is -0.329 e. The van der Waals surface area contributed by atoms with Crippen LogP contribution in [0.2, 0.25) is 0 Å². The van der Waals surface area contributed by atoms with Crippen LogP contribution in [-0.4, -0.2) is 22.9 Å². The van der Waals surface area contributed by atoms with Crippen molar-refractivity contribution in [2.75, 3.05) is 0 Å². The Morgan fingerprint density at radius 1 is 1.35 bits per heavy atom. The number of carbonyl (C=O) groups excluding carboxylic acids is 1. The lowest BCUT2D eigenvalue weighted by Crippen LogP contribution is -2.42. The van der Waals surface area contributed by atoms with Crippen LogP contribution in [0.4, 0.5) is 0 Å². The zero-order valence-electron chi connectivity index (χ0n) is 10.1. The Balaban J connectivity index is 1.90. The van der Waals surface area contributed by atoms with Gasteiger partial charge in [-0.2, -0.15) is 0 Å². The number of benzene rings is 1. The van der Waals surface area contributed by atoms with Crippen LogP contribution in [0.1, 0.15) is 35.2 Å². The first-order valence-electron chi connectivity index (χ1n) is 6.32. The monoisotopic (exact) mass is 227 g/mol. The number of carbonyl (C=O) groups is 1. The molecule has 3 rings (SSSR count). The third kappa shape index (κ3) is 1.78. The molecule has 2 atom stereocenters. The highest BCUT2D eigenvalue weighted by Crippen LogP contribution is 2.32. The summed E-state index contributed by atoms with van der Waals surface area (Å²) in [5.74, 6) is 0.200. The number of hydrogen-bond acceptors (Lipinski definition) is 1. The Kier molecular flexibility index (Phi) is 2.50. The number of aryl methyl sites for hydroxylation is 1. The largest absolute Gasteiger partial charge is 0.329 e. The summed E-state index contributed by atoms with van der Waals surface area (Å²) in [6, 6.07) is 8.67. The molecule has 0 aliphatic carbocycles. The molecule has 0 spiro atoms. The van der Waals surface area contributed by atoms with E-state index in [2.05, 4.69) is 17.1 Å². The van der Waals surface area contributed by atoms with Gasteiger partial charge in [0.25, 0.3) is 5.91 Å². The van der Waals surface area contributed by atoms with Crippen LogP contribution in [0.25, 0.3) is 0 Å². The first-order chi connectivity index (χ1) is 8.25. The molecule has 1 saturated heterocycles. The molecule has 0 N–H and O–H groups in total. The molecule has 0 radical (unpaired) electrons. The van der Waals surface area contributed by atoms with Crippen LogP contribution in [0.3, 0.4) is 0 Å². The molecule has 2 heterocycles. The zero-order chi connectivity index (χ0) is 11.8. The second-order valence-electron chi connectivity index (χ2n) is 5.04. The molecule has 1 amide bonds. The second-order valence-corrected chi connectivity index (χ2v) is 5.04. The van der Waals surface area contributed by atoms with Gasteiger partial charge < -0.3 is 4.90 Å². The van der Waals surface area contributed by atoms with E-state index >= 15 is 0 Å². The summed E-state index contributed by atoms with van der Waals surface area (Å²) in [7, 11) is 0. The Labute approximate surface area is 102 Å². The van der Waals surface area contributed by atoms with Crippen LogP contribution in [0.15, 0.2) is 36.4 Å². The van der Waals surface area contributed by atoms with Gasteiger partial charge in [-0.3, -0.25) is 4.79 Å². The highest BCUT2D eigenvalue weighted by molar-refractivity contribution is 5.95. The summed E-state index contributed by atoms with van der Waals surface area (Å²) >= 11 is 0. The average molecular weight is 227 g/mol. The fourth-order valence-electron chi connectivity index (χ4n) is 2.97. The zero-order valence-corrected chi connectivity index (χ0v) is 10.1. The van der Waals surface area contributed by atoms with Crippen LogP contribution in [0.5, 0.6) is 0 Å². The Bertz CT molecular complexity index is 478. The van der Waals surface area contributed by atoms with Crippen molar-refractivity contribution in [1.82, 2.24) is 4.90 Å². The molecule has 2 unspecified atom stereocenters. The Morgan fingerprint density at radius 3 is 3.00 bits per heavy atom. The standard InChI is InChI=1S/C15H17NO/c1-11-4-2-5-12(10-11)15(17)16-13-6-3-7-14(16)9-8-13/h2-6,10,13-14H,7-9H2,1H3. The number of nitrogens with zero attached hydrogens (tertiary/aromatic N) is 1. The third-order valence-electron chi connectivity index (χ3n) is 3.81. The molecule has 1 aromatic carbocycles. The van der Waals surface area contributed by atoms with Crippen LogP contribution in [-0.2, 0) is 0 Å². The van der Waals surface area contributed by atoms with Crippen molar-refractivity contribution in [3.05, 3.63) is 47.5 Å². The van der Waals surface area contributed by atoms with E-state index in [0.717, 1.165) is 30.4 Å². The van der Waals surface area contributed by atoms with E-state index in [1.54, 1.807) is 0 Å². The highest BCUT2D eigenvalue weighted by Gasteiger charge is 2.37. The first-order valence-corrected chi connectivity index (χ1v) is 6.32. The van der Waals surface area contributed by atoms with E-state index in [9.17, 15) is 4.79 Å². The minimum atomic E-state index is 0.200. The molecule has 0 saturated carbocycles. The van der Waals surface area contributed by atoms with Crippen LogP contribution < -0.4 is 0 Å². The fourth-order valence-corrected chi connectivity index (χ4v) is 2.97. The summed E-state index contributed by atoms with van der Waals surface area (Å²) in [6.45, 7) is 2.03. The van der Waals surface area contributed by atoms with E-state index in [1.165, 1.54) is 0 Å². The van der Waals surface area contributed by atoms with Crippen molar-refractivity contribution in [1.29, 1.82) is 0 Å². The fraction of sp³-hybridized carbons (Fsp3) is 0.400. The van der Waals surface area contributed by atoms with Crippen molar-refractivity contribution < 1.29 is 4.79 Å². The van der Waals surface area contributed by atoms with E-state index < -0.39 is 0 Å². The molecule has 17 heavy (non-hydrogen) atoms. The van der Waals surface area contributed by atoms with E-state index in [4.69, 9.17) is 0 Å². The second kappa shape index (κ2) is 4.02. The number of amides is 1.